The van der Waals surface area contributed by atoms with Crippen molar-refractivity contribution in [3.05, 3.63) is 35.9 Å². The molecule has 1 aliphatic rings. The van der Waals surface area contributed by atoms with Gasteiger partial charge in [-0.05, 0) is 12.0 Å². The smallest absolute Gasteiger partial charge is 0.375 e. The molecule has 0 unspecified atom stereocenters. The van der Waals surface area contributed by atoms with Crippen molar-refractivity contribution < 1.29 is 14.3 Å². The summed E-state index contributed by atoms with van der Waals surface area (Å²) < 4.78 is 4.60. The topological polar surface area (TPSA) is 46.6 Å². The van der Waals surface area contributed by atoms with Gasteiger partial charge in [-0.3, -0.25) is 4.90 Å². The van der Waals surface area contributed by atoms with E-state index >= 15 is 0 Å². The van der Waals surface area contributed by atoms with Gasteiger partial charge in [0.1, 0.15) is 6.04 Å². The van der Waals surface area contributed by atoms with Gasteiger partial charge in [-0.1, -0.05) is 37.3 Å². The summed E-state index contributed by atoms with van der Waals surface area (Å²) in [5.74, 6) is -0.441. The number of rotatable bonds is 3. The Bertz CT molecular complexity index is 402. The van der Waals surface area contributed by atoms with E-state index < -0.39 is 18.1 Å². The Morgan fingerprint density at radius 1 is 1.25 bits per heavy atom. The highest BCUT2D eigenvalue weighted by molar-refractivity contribution is 5.95. The molecule has 0 saturated carbocycles. The van der Waals surface area contributed by atoms with Gasteiger partial charge in [0.15, 0.2) is 0 Å². The number of nitrogens with zero attached hydrogens (tertiary/aromatic N) is 1. The van der Waals surface area contributed by atoms with E-state index in [1.165, 1.54) is 4.90 Å². The maximum absolute atomic E-state index is 11.4. The van der Waals surface area contributed by atoms with E-state index in [9.17, 15) is 9.59 Å². The second kappa shape index (κ2) is 4.35. The van der Waals surface area contributed by atoms with Gasteiger partial charge in [0.25, 0.3) is 0 Å². The monoisotopic (exact) mass is 219 g/mol. The van der Waals surface area contributed by atoms with Crippen molar-refractivity contribution in [1.29, 1.82) is 0 Å². The van der Waals surface area contributed by atoms with Crippen LogP contribution in [-0.4, -0.2) is 23.0 Å². The zero-order valence-electron chi connectivity index (χ0n) is 9.05. The second-order valence-corrected chi connectivity index (χ2v) is 3.72. The number of cyclic esters (lactones) is 2. The number of ether oxygens (including phenoxy) is 1. The first-order valence-corrected chi connectivity index (χ1v) is 5.28. The van der Waals surface area contributed by atoms with Gasteiger partial charge in [-0.25, -0.2) is 9.59 Å². The lowest BCUT2D eigenvalue weighted by Gasteiger charge is -2.18. The van der Waals surface area contributed by atoms with E-state index in [1.54, 1.807) is 0 Å². The van der Waals surface area contributed by atoms with Crippen molar-refractivity contribution in [1.82, 2.24) is 4.90 Å². The second-order valence-electron chi connectivity index (χ2n) is 3.72. The molecule has 0 aliphatic carbocycles. The van der Waals surface area contributed by atoms with Crippen LogP contribution in [0.1, 0.15) is 18.9 Å². The highest BCUT2D eigenvalue weighted by Gasteiger charge is 2.39. The van der Waals surface area contributed by atoms with Gasteiger partial charge in [-0.2, -0.15) is 0 Å². The van der Waals surface area contributed by atoms with Gasteiger partial charge >= 0.3 is 12.1 Å². The van der Waals surface area contributed by atoms with Crippen LogP contribution in [0, 0.1) is 0 Å². The first kappa shape index (κ1) is 10.7. The fourth-order valence-corrected chi connectivity index (χ4v) is 1.81. The molecule has 1 amide bonds. The quantitative estimate of drug-likeness (QED) is 0.576. The molecule has 0 bridgehead atoms. The molecule has 1 fully saturated rings. The van der Waals surface area contributed by atoms with Gasteiger partial charge in [0, 0.05) is 6.54 Å². The van der Waals surface area contributed by atoms with E-state index in [2.05, 4.69) is 4.74 Å². The number of carbonyl (C=O) groups excluding carboxylic acids is 2. The van der Waals surface area contributed by atoms with E-state index in [4.69, 9.17) is 0 Å². The SMILES string of the molecule is CC[C@H]1C(=O)OC(=O)N1Cc1ccccc1. The summed E-state index contributed by atoms with van der Waals surface area (Å²) in [7, 11) is 0. The zero-order valence-corrected chi connectivity index (χ0v) is 9.05. The summed E-state index contributed by atoms with van der Waals surface area (Å²) in [6.07, 6.45) is 0.0397. The molecule has 0 spiro atoms. The highest BCUT2D eigenvalue weighted by Crippen LogP contribution is 2.19. The largest absolute Gasteiger partial charge is 0.418 e. The number of carbonyl (C=O) groups is 2. The van der Waals surface area contributed by atoms with E-state index in [0.717, 1.165) is 5.56 Å². The van der Waals surface area contributed by atoms with Crippen LogP contribution in [0.4, 0.5) is 4.79 Å². The van der Waals surface area contributed by atoms with Crippen molar-refractivity contribution in [2.45, 2.75) is 25.9 Å². The third-order valence-corrected chi connectivity index (χ3v) is 2.65. The Hall–Kier alpha value is -1.84. The molecule has 0 aromatic heterocycles. The number of esters is 1. The number of amides is 1. The van der Waals surface area contributed by atoms with Crippen molar-refractivity contribution in [2.75, 3.05) is 0 Å². The maximum atomic E-state index is 11.4. The highest BCUT2D eigenvalue weighted by atomic mass is 16.6. The van der Waals surface area contributed by atoms with Crippen molar-refractivity contribution in [2.24, 2.45) is 0 Å². The van der Waals surface area contributed by atoms with Crippen LogP contribution < -0.4 is 0 Å². The van der Waals surface area contributed by atoms with Crippen LogP contribution in [0.2, 0.25) is 0 Å². The predicted octanol–water partition coefficient (Wildman–Crippen LogP) is 1.94. The number of hydrogen-bond donors (Lipinski definition) is 0. The molecular formula is C12H13NO3. The van der Waals surface area contributed by atoms with Gasteiger partial charge in [0.2, 0.25) is 0 Å². The lowest BCUT2D eigenvalue weighted by Crippen LogP contribution is -2.33. The summed E-state index contributed by atoms with van der Waals surface area (Å²) in [6.45, 7) is 2.28. The lowest BCUT2D eigenvalue weighted by atomic mass is 10.1. The van der Waals surface area contributed by atoms with Gasteiger partial charge in [-0.15, -0.1) is 0 Å². The van der Waals surface area contributed by atoms with Crippen molar-refractivity contribution in [3.8, 4) is 0 Å². The molecule has 1 heterocycles. The minimum absolute atomic E-state index is 0.421. The minimum Gasteiger partial charge on any atom is -0.375 e. The molecule has 1 aliphatic heterocycles. The first-order chi connectivity index (χ1) is 7.72. The molecule has 16 heavy (non-hydrogen) atoms. The van der Waals surface area contributed by atoms with Crippen molar-refractivity contribution in [3.63, 3.8) is 0 Å². The Morgan fingerprint density at radius 2 is 1.94 bits per heavy atom. The molecule has 84 valence electrons. The average Bonchev–Trinajstić information content (AvgIpc) is 2.55. The van der Waals surface area contributed by atoms with Crippen LogP contribution in [0.3, 0.4) is 0 Å². The Morgan fingerprint density at radius 3 is 2.56 bits per heavy atom. The number of benzene rings is 1. The van der Waals surface area contributed by atoms with Crippen LogP contribution in [0.25, 0.3) is 0 Å². The molecule has 1 aromatic carbocycles. The summed E-state index contributed by atoms with van der Waals surface area (Å²) in [5, 5.41) is 0. The standard InChI is InChI=1S/C12H13NO3/c1-2-10-11(14)16-12(15)13(10)8-9-6-4-3-5-7-9/h3-7,10H,2,8H2,1H3/t10-/m0/s1. The molecule has 1 saturated heterocycles. The third kappa shape index (κ3) is 1.91. The summed E-state index contributed by atoms with van der Waals surface area (Å²) >= 11 is 0. The predicted molar refractivity (Wildman–Crippen MR) is 57.6 cm³/mol. The molecular weight excluding hydrogens is 206 g/mol. The maximum Gasteiger partial charge on any atom is 0.418 e. The third-order valence-electron chi connectivity index (χ3n) is 2.65. The van der Waals surface area contributed by atoms with Crippen LogP contribution >= 0.6 is 0 Å². The molecule has 1 atom stereocenters. The van der Waals surface area contributed by atoms with Crippen LogP contribution in [0.5, 0.6) is 0 Å². The van der Waals surface area contributed by atoms with Crippen LogP contribution in [-0.2, 0) is 16.1 Å². The molecule has 1 aromatic rings. The van der Waals surface area contributed by atoms with E-state index in [0.29, 0.717) is 13.0 Å². The van der Waals surface area contributed by atoms with Crippen LogP contribution in [0.15, 0.2) is 30.3 Å². The molecule has 4 heteroatoms. The molecule has 0 radical (unpaired) electrons. The zero-order chi connectivity index (χ0) is 11.5. The Kier molecular flexibility index (Phi) is 2.90. The normalized spacial score (nSPS) is 20.1. The Labute approximate surface area is 93.8 Å². The Balaban J connectivity index is 2.14. The summed E-state index contributed by atoms with van der Waals surface area (Å²) in [4.78, 5) is 24.2. The first-order valence-electron chi connectivity index (χ1n) is 5.28. The number of hydrogen-bond acceptors (Lipinski definition) is 3. The fourth-order valence-electron chi connectivity index (χ4n) is 1.81. The molecule has 2 rings (SSSR count). The lowest BCUT2D eigenvalue weighted by molar-refractivity contribution is -0.135. The summed E-state index contributed by atoms with van der Waals surface area (Å²) in [6, 6.07) is 9.12. The van der Waals surface area contributed by atoms with Gasteiger partial charge in [0.05, 0.1) is 0 Å². The molecule has 4 nitrogen and oxygen atoms in total. The molecule has 0 N–H and O–H groups in total. The average molecular weight is 219 g/mol. The van der Waals surface area contributed by atoms with E-state index in [1.807, 2.05) is 37.3 Å². The minimum atomic E-state index is -0.541. The van der Waals surface area contributed by atoms with E-state index in [-0.39, 0.29) is 0 Å². The fraction of sp³-hybridized carbons (Fsp3) is 0.333. The van der Waals surface area contributed by atoms with Gasteiger partial charge < -0.3 is 4.74 Å². The summed E-state index contributed by atoms with van der Waals surface area (Å²) in [5.41, 5.74) is 0.993. The van der Waals surface area contributed by atoms with Crippen molar-refractivity contribution >= 4 is 12.1 Å².